The maximum absolute atomic E-state index is 12.4. The van der Waals surface area contributed by atoms with E-state index in [-0.39, 0.29) is 12.5 Å². The van der Waals surface area contributed by atoms with E-state index in [4.69, 9.17) is 9.15 Å². The van der Waals surface area contributed by atoms with Crippen molar-refractivity contribution in [3.63, 3.8) is 0 Å². The molecule has 0 aliphatic heterocycles. The van der Waals surface area contributed by atoms with Crippen molar-refractivity contribution in [2.24, 2.45) is 0 Å². The topological polar surface area (TPSA) is 123 Å². The van der Waals surface area contributed by atoms with Crippen LogP contribution in [0.4, 0.5) is 5.13 Å². The first kappa shape index (κ1) is 23.7. The van der Waals surface area contributed by atoms with Crippen molar-refractivity contribution in [3.8, 4) is 17.2 Å². The number of rotatable bonds is 9. The second kappa shape index (κ2) is 11.1. The number of hydrogen-bond acceptors (Lipinski definition) is 7. The Bertz CT molecular complexity index is 1150. The summed E-state index contributed by atoms with van der Waals surface area (Å²) >= 11 is 1.24. The van der Waals surface area contributed by atoms with Crippen LogP contribution in [0.5, 0.6) is 5.75 Å². The van der Waals surface area contributed by atoms with E-state index < -0.39 is 17.9 Å². The molecule has 0 saturated carbocycles. The minimum absolute atomic E-state index is 0.149. The van der Waals surface area contributed by atoms with Crippen LogP contribution in [-0.4, -0.2) is 35.9 Å². The Balaban J connectivity index is 1.51. The normalized spacial score (nSPS) is 11.7. The molecule has 0 spiro atoms. The molecule has 0 bridgehead atoms. The van der Waals surface area contributed by atoms with Gasteiger partial charge in [0, 0.05) is 18.4 Å². The second-order valence-electron chi connectivity index (χ2n) is 7.04. The van der Waals surface area contributed by atoms with Gasteiger partial charge in [0.05, 0.1) is 13.7 Å². The quantitative estimate of drug-likeness (QED) is 0.415. The van der Waals surface area contributed by atoms with Crippen molar-refractivity contribution in [1.82, 2.24) is 15.6 Å². The molecule has 1 unspecified atom stereocenters. The Morgan fingerprint density at radius 2 is 1.94 bits per heavy atom. The highest BCUT2D eigenvalue weighted by Gasteiger charge is 2.17. The number of nitrogens with zero attached hydrogens (tertiary/aromatic N) is 1. The van der Waals surface area contributed by atoms with Gasteiger partial charge >= 0.3 is 0 Å². The number of amides is 3. The number of nitrogens with one attached hydrogen (secondary N) is 3. The summed E-state index contributed by atoms with van der Waals surface area (Å²) in [5.41, 5.74) is 1.39. The number of benzene rings is 1. The van der Waals surface area contributed by atoms with Gasteiger partial charge in [-0.25, -0.2) is 4.98 Å². The number of carbonyl (C=O) groups is 3. The SMILES string of the molecule is COc1ccc(/C=C/C(=O)NC(C)C(=O)Nc2nc(-c3ccc(CNC(C)=O)o3)cs2)cc1. The van der Waals surface area contributed by atoms with E-state index in [0.29, 0.717) is 22.3 Å². The van der Waals surface area contributed by atoms with Crippen LogP contribution in [0.1, 0.15) is 25.2 Å². The van der Waals surface area contributed by atoms with Crippen molar-refractivity contribution in [2.45, 2.75) is 26.4 Å². The molecule has 3 N–H and O–H groups in total. The highest BCUT2D eigenvalue weighted by Crippen LogP contribution is 2.26. The molecule has 2 aromatic heterocycles. The minimum atomic E-state index is -0.766. The van der Waals surface area contributed by atoms with Crippen LogP contribution in [-0.2, 0) is 20.9 Å². The number of hydrogen-bond donors (Lipinski definition) is 3. The third-order valence-electron chi connectivity index (χ3n) is 4.45. The fraction of sp³-hybridized carbons (Fsp3) is 0.217. The lowest BCUT2D eigenvalue weighted by atomic mass is 10.2. The molecule has 9 nitrogen and oxygen atoms in total. The highest BCUT2D eigenvalue weighted by molar-refractivity contribution is 7.14. The molecule has 0 fully saturated rings. The predicted molar refractivity (Wildman–Crippen MR) is 126 cm³/mol. The maximum Gasteiger partial charge on any atom is 0.248 e. The third-order valence-corrected chi connectivity index (χ3v) is 5.21. The molecule has 10 heteroatoms. The van der Waals surface area contributed by atoms with E-state index >= 15 is 0 Å². The average molecular weight is 469 g/mol. The second-order valence-corrected chi connectivity index (χ2v) is 7.90. The Hall–Kier alpha value is -3.92. The van der Waals surface area contributed by atoms with E-state index in [1.165, 1.54) is 24.3 Å². The van der Waals surface area contributed by atoms with Crippen LogP contribution < -0.4 is 20.7 Å². The molecule has 1 aromatic carbocycles. The van der Waals surface area contributed by atoms with Crippen LogP contribution in [0.2, 0.25) is 0 Å². The van der Waals surface area contributed by atoms with Gasteiger partial charge in [0.1, 0.15) is 23.2 Å². The summed E-state index contributed by atoms with van der Waals surface area (Å²) in [5, 5.41) is 10.1. The zero-order valence-electron chi connectivity index (χ0n) is 18.4. The minimum Gasteiger partial charge on any atom is -0.497 e. The van der Waals surface area contributed by atoms with Gasteiger partial charge in [-0.3, -0.25) is 14.4 Å². The van der Waals surface area contributed by atoms with Crippen molar-refractivity contribution in [3.05, 3.63) is 59.2 Å². The van der Waals surface area contributed by atoms with E-state index in [1.807, 2.05) is 12.1 Å². The summed E-state index contributed by atoms with van der Waals surface area (Å²) < 4.78 is 10.8. The molecule has 3 aromatic rings. The van der Waals surface area contributed by atoms with E-state index in [0.717, 1.165) is 11.3 Å². The fourth-order valence-electron chi connectivity index (χ4n) is 2.69. The van der Waals surface area contributed by atoms with E-state index in [2.05, 4.69) is 20.9 Å². The zero-order valence-corrected chi connectivity index (χ0v) is 19.2. The summed E-state index contributed by atoms with van der Waals surface area (Å²) in [6, 6.07) is 9.96. The van der Waals surface area contributed by atoms with Crippen molar-refractivity contribution < 1.29 is 23.5 Å². The molecule has 0 aliphatic carbocycles. The van der Waals surface area contributed by atoms with Crippen molar-refractivity contribution in [1.29, 1.82) is 0 Å². The molecule has 172 valence electrons. The summed E-state index contributed by atoms with van der Waals surface area (Å²) in [6.07, 6.45) is 3.01. The van der Waals surface area contributed by atoms with Gasteiger partial charge in [0.15, 0.2) is 10.9 Å². The summed E-state index contributed by atoms with van der Waals surface area (Å²) in [4.78, 5) is 39.9. The lowest BCUT2D eigenvalue weighted by Crippen LogP contribution is -2.40. The number of carbonyl (C=O) groups excluding carboxylic acids is 3. The van der Waals surface area contributed by atoms with Gasteiger partial charge in [-0.2, -0.15) is 0 Å². The Morgan fingerprint density at radius 3 is 2.64 bits per heavy atom. The molecule has 0 aliphatic rings. The Morgan fingerprint density at radius 1 is 1.18 bits per heavy atom. The molecular formula is C23H24N4O5S. The fourth-order valence-corrected chi connectivity index (χ4v) is 3.40. The van der Waals surface area contributed by atoms with Gasteiger partial charge in [0.2, 0.25) is 17.7 Å². The van der Waals surface area contributed by atoms with E-state index in [9.17, 15) is 14.4 Å². The van der Waals surface area contributed by atoms with Crippen LogP contribution in [0, 0.1) is 0 Å². The number of furan rings is 1. The number of methoxy groups -OCH3 is 1. The van der Waals surface area contributed by atoms with Crippen molar-refractivity contribution in [2.75, 3.05) is 12.4 Å². The number of thiazole rings is 1. The maximum atomic E-state index is 12.4. The van der Waals surface area contributed by atoms with Gasteiger partial charge in [-0.1, -0.05) is 12.1 Å². The highest BCUT2D eigenvalue weighted by atomic mass is 32.1. The molecule has 3 rings (SSSR count). The number of aromatic nitrogens is 1. The number of anilines is 1. The molecular weight excluding hydrogens is 444 g/mol. The molecule has 0 radical (unpaired) electrons. The van der Waals surface area contributed by atoms with Gasteiger partial charge in [-0.05, 0) is 42.8 Å². The molecule has 0 saturated heterocycles. The third kappa shape index (κ3) is 7.04. The van der Waals surface area contributed by atoms with Crippen LogP contribution in [0.25, 0.3) is 17.5 Å². The lowest BCUT2D eigenvalue weighted by molar-refractivity contribution is -0.123. The smallest absolute Gasteiger partial charge is 0.248 e. The number of ether oxygens (including phenoxy) is 1. The first-order valence-corrected chi connectivity index (χ1v) is 10.9. The zero-order chi connectivity index (χ0) is 23.8. The van der Waals surface area contributed by atoms with Crippen molar-refractivity contribution >= 4 is 40.3 Å². The van der Waals surface area contributed by atoms with E-state index in [1.54, 1.807) is 49.8 Å². The average Bonchev–Trinajstić information content (AvgIpc) is 3.46. The molecule has 33 heavy (non-hydrogen) atoms. The first-order chi connectivity index (χ1) is 15.8. The van der Waals surface area contributed by atoms with Gasteiger partial charge in [0.25, 0.3) is 0 Å². The first-order valence-electron chi connectivity index (χ1n) is 10.1. The predicted octanol–water partition coefficient (Wildman–Crippen LogP) is 3.20. The summed E-state index contributed by atoms with van der Waals surface area (Å²) in [6.45, 7) is 3.30. The van der Waals surface area contributed by atoms with Crippen LogP contribution in [0.15, 0.2) is 52.3 Å². The Labute approximate surface area is 194 Å². The molecule has 2 heterocycles. The van der Waals surface area contributed by atoms with Gasteiger partial charge in [-0.15, -0.1) is 11.3 Å². The van der Waals surface area contributed by atoms with Crippen LogP contribution in [0.3, 0.4) is 0 Å². The summed E-state index contributed by atoms with van der Waals surface area (Å²) in [7, 11) is 1.58. The van der Waals surface area contributed by atoms with Gasteiger partial charge < -0.3 is 25.1 Å². The monoisotopic (exact) mass is 468 g/mol. The molecule has 3 amide bonds. The molecule has 1 atom stereocenters. The van der Waals surface area contributed by atoms with Crippen LogP contribution >= 0.6 is 11.3 Å². The lowest BCUT2D eigenvalue weighted by Gasteiger charge is -2.11. The Kier molecular flexibility index (Phi) is 7.98. The largest absolute Gasteiger partial charge is 0.497 e. The summed E-state index contributed by atoms with van der Waals surface area (Å²) in [5.74, 6) is 0.909. The standard InChI is InChI=1S/C23H24N4O5S/c1-14(25-21(29)11-6-16-4-7-17(31-3)8-5-16)22(30)27-23-26-19(13-33-23)20-10-9-18(32-20)12-24-15(2)28/h4-11,13-14H,12H2,1-3H3,(H,24,28)(H,25,29)(H,26,27,30)/b11-6+.